The Balaban J connectivity index is 2.62. The van der Waals surface area contributed by atoms with E-state index in [9.17, 15) is 0 Å². The maximum Gasteiger partial charge on any atom is 0.0731 e. The molecule has 0 aromatic heterocycles. The van der Waals surface area contributed by atoms with Crippen LogP contribution in [-0.2, 0) is 4.74 Å². The summed E-state index contributed by atoms with van der Waals surface area (Å²) in [4.78, 5) is 0. The second-order valence-electron chi connectivity index (χ2n) is 7.17. The van der Waals surface area contributed by atoms with Crippen molar-refractivity contribution in [2.24, 2.45) is 10.8 Å². The number of methoxy groups -OCH3 is 1. The number of nitrogens with one attached hydrogen (secondary N) is 1. The first-order valence-corrected chi connectivity index (χ1v) is 6.36. The zero-order valence-electron chi connectivity index (χ0n) is 12.3. The van der Waals surface area contributed by atoms with Crippen LogP contribution in [0, 0.1) is 10.8 Å². The summed E-state index contributed by atoms with van der Waals surface area (Å²) in [5, 5.41) is 3.76. The van der Waals surface area contributed by atoms with Crippen molar-refractivity contribution in [3.05, 3.63) is 0 Å². The van der Waals surface area contributed by atoms with Crippen molar-refractivity contribution in [3.8, 4) is 0 Å². The Bertz CT molecular complexity index is 254. The summed E-state index contributed by atoms with van der Waals surface area (Å²) in [6, 6.07) is 1.09. The number of hydrogen-bond acceptors (Lipinski definition) is 2. The average Bonchev–Trinajstić information content (AvgIpc) is 2.15. The third-order valence-corrected chi connectivity index (χ3v) is 5.03. The van der Waals surface area contributed by atoms with Gasteiger partial charge in [-0.2, -0.15) is 0 Å². The minimum atomic E-state index is 0.0300. The molecule has 96 valence electrons. The summed E-state index contributed by atoms with van der Waals surface area (Å²) >= 11 is 0. The molecule has 0 aliphatic heterocycles. The first-order chi connectivity index (χ1) is 7.04. The monoisotopic (exact) mass is 227 g/mol. The lowest BCUT2D eigenvalue weighted by atomic mass is 9.55. The smallest absolute Gasteiger partial charge is 0.0731 e. The fourth-order valence-electron chi connectivity index (χ4n) is 2.31. The van der Waals surface area contributed by atoms with Crippen LogP contribution in [0.5, 0.6) is 0 Å². The van der Waals surface area contributed by atoms with E-state index in [4.69, 9.17) is 4.74 Å². The van der Waals surface area contributed by atoms with Gasteiger partial charge in [-0.15, -0.1) is 0 Å². The summed E-state index contributed by atoms with van der Waals surface area (Å²) in [7, 11) is 1.82. The first kappa shape index (κ1) is 14.0. The van der Waals surface area contributed by atoms with E-state index in [1.54, 1.807) is 0 Å². The van der Waals surface area contributed by atoms with Crippen LogP contribution in [-0.4, -0.2) is 24.8 Å². The molecule has 0 aromatic rings. The van der Waals surface area contributed by atoms with Crippen LogP contribution in [0.4, 0.5) is 0 Å². The fourth-order valence-corrected chi connectivity index (χ4v) is 2.31. The lowest BCUT2D eigenvalue weighted by Crippen LogP contribution is -2.69. The van der Waals surface area contributed by atoms with Gasteiger partial charge in [-0.05, 0) is 25.7 Å². The van der Waals surface area contributed by atoms with Gasteiger partial charge in [-0.25, -0.2) is 0 Å². The zero-order chi connectivity index (χ0) is 12.8. The molecule has 0 radical (unpaired) electrons. The van der Waals surface area contributed by atoms with Crippen LogP contribution in [0.2, 0.25) is 0 Å². The maximum atomic E-state index is 5.65. The van der Waals surface area contributed by atoms with Crippen LogP contribution in [0.3, 0.4) is 0 Å². The van der Waals surface area contributed by atoms with Crippen molar-refractivity contribution >= 4 is 0 Å². The molecule has 0 aromatic carbocycles. The third-order valence-electron chi connectivity index (χ3n) is 5.03. The van der Waals surface area contributed by atoms with Crippen LogP contribution < -0.4 is 5.32 Å². The molecule has 0 saturated heterocycles. The Morgan fingerprint density at radius 1 is 1.25 bits per heavy atom. The summed E-state index contributed by atoms with van der Waals surface area (Å²) < 4.78 is 5.65. The normalized spacial score (nSPS) is 35.6. The molecule has 3 atom stereocenters. The van der Waals surface area contributed by atoms with Crippen LogP contribution in [0.25, 0.3) is 0 Å². The molecule has 0 spiro atoms. The Morgan fingerprint density at radius 3 is 2.06 bits per heavy atom. The third kappa shape index (κ3) is 2.14. The second-order valence-corrected chi connectivity index (χ2v) is 7.17. The van der Waals surface area contributed by atoms with E-state index < -0.39 is 0 Å². The topological polar surface area (TPSA) is 21.3 Å². The molecule has 1 aliphatic rings. The van der Waals surface area contributed by atoms with E-state index in [1.165, 1.54) is 0 Å². The van der Waals surface area contributed by atoms with Crippen molar-refractivity contribution in [2.45, 2.75) is 72.6 Å². The molecular weight excluding hydrogens is 198 g/mol. The summed E-state index contributed by atoms with van der Waals surface area (Å²) in [5.74, 6) is 0. The molecular formula is C14H29NO. The van der Waals surface area contributed by atoms with Gasteiger partial charge >= 0.3 is 0 Å². The van der Waals surface area contributed by atoms with Crippen LogP contribution in [0.1, 0.15) is 54.9 Å². The molecule has 2 heteroatoms. The lowest BCUT2D eigenvalue weighted by molar-refractivity contribution is -0.183. The van der Waals surface area contributed by atoms with E-state index >= 15 is 0 Å². The predicted octanol–water partition coefficient (Wildman–Crippen LogP) is 3.21. The highest BCUT2D eigenvalue weighted by molar-refractivity contribution is 5.12. The average molecular weight is 227 g/mol. The number of hydrogen-bond donors (Lipinski definition) is 1. The van der Waals surface area contributed by atoms with Crippen molar-refractivity contribution in [1.82, 2.24) is 5.32 Å². The standard InChI is InChI=1S/C14H29NO/c1-10(12(2,3)4)15-11-9-14(7,16-8)13(11,5)6/h10-11,15H,9H2,1-8H3. The second kappa shape index (κ2) is 3.99. The summed E-state index contributed by atoms with van der Waals surface area (Å²) in [5.41, 5.74) is 0.554. The number of rotatable bonds is 3. The van der Waals surface area contributed by atoms with Crippen molar-refractivity contribution in [2.75, 3.05) is 7.11 Å². The molecule has 1 fully saturated rings. The van der Waals surface area contributed by atoms with Gasteiger partial charge in [-0.1, -0.05) is 34.6 Å². The molecule has 3 unspecified atom stereocenters. The molecule has 0 bridgehead atoms. The Labute approximate surface area is 101 Å². The van der Waals surface area contributed by atoms with Crippen molar-refractivity contribution in [3.63, 3.8) is 0 Å². The molecule has 1 N–H and O–H groups in total. The van der Waals surface area contributed by atoms with Gasteiger partial charge in [0.15, 0.2) is 0 Å². The van der Waals surface area contributed by atoms with Gasteiger partial charge in [0, 0.05) is 24.6 Å². The summed E-state index contributed by atoms with van der Waals surface area (Å²) in [6.07, 6.45) is 1.11. The predicted molar refractivity (Wildman–Crippen MR) is 69.7 cm³/mol. The highest BCUT2D eigenvalue weighted by Crippen LogP contribution is 2.51. The molecule has 0 heterocycles. The van der Waals surface area contributed by atoms with E-state index in [1.807, 2.05) is 7.11 Å². The highest BCUT2D eigenvalue weighted by atomic mass is 16.5. The number of ether oxygens (including phenoxy) is 1. The van der Waals surface area contributed by atoms with E-state index in [0.717, 1.165) is 6.42 Å². The van der Waals surface area contributed by atoms with E-state index in [0.29, 0.717) is 17.5 Å². The van der Waals surface area contributed by atoms with Gasteiger partial charge < -0.3 is 10.1 Å². The van der Waals surface area contributed by atoms with Crippen molar-refractivity contribution < 1.29 is 4.74 Å². The van der Waals surface area contributed by atoms with Crippen LogP contribution in [0.15, 0.2) is 0 Å². The quantitative estimate of drug-likeness (QED) is 0.799. The van der Waals surface area contributed by atoms with E-state index in [-0.39, 0.29) is 11.0 Å². The molecule has 2 nitrogen and oxygen atoms in total. The molecule has 16 heavy (non-hydrogen) atoms. The largest absolute Gasteiger partial charge is 0.378 e. The zero-order valence-corrected chi connectivity index (χ0v) is 12.3. The van der Waals surface area contributed by atoms with Gasteiger partial charge in [0.05, 0.1) is 5.60 Å². The Hall–Kier alpha value is -0.0800. The minimum absolute atomic E-state index is 0.0300. The molecule has 1 saturated carbocycles. The van der Waals surface area contributed by atoms with Gasteiger partial charge in [-0.3, -0.25) is 0 Å². The van der Waals surface area contributed by atoms with E-state index in [2.05, 4.69) is 53.8 Å². The minimum Gasteiger partial charge on any atom is -0.378 e. The van der Waals surface area contributed by atoms with Crippen LogP contribution >= 0.6 is 0 Å². The maximum absolute atomic E-state index is 5.65. The Morgan fingerprint density at radius 2 is 1.75 bits per heavy atom. The SMILES string of the molecule is COC1(C)CC(NC(C)C(C)(C)C)C1(C)C. The molecule has 0 amide bonds. The first-order valence-electron chi connectivity index (χ1n) is 6.36. The van der Waals surface area contributed by atoms with Gasteiger partial charge in [0.1, 0.15) is 0 Å². The van der Waals surface area contributed by atoms with Crippen molar-refractivity contribution in [1.29, 1.82) is 0 Å². The Kier molecular flexibility index (Phi) is 3.49. The summed E-state index contributed by atoms with van der Waals surface area (Å²) in [6.45, 7) is 15.9. The molecule has 1 rings (SSSR count). The highest BCUT2D eigenvalue weighted by Gasteiger charge is 2.57. The fraction of sp³-hybridized carbons (Fsp3) is 1.00. The lowest BCUT2D eigenvalue weighted by Gasteiger charge is -2.60. The molecule has 1 aliphatic carbocycles. The van der Waals surface area contributed by atoms with Gasteiger partial charge in [0.2, 0.25) is 0 Å². The van der Waals surface area contributed by atoms with Gasteiger partial charge in [0.25, 0.3) is 0 Å².